The predicted molar refractivity (Wildman–Crippen MR) is 110 cm³/mol. The number of sulfonamides is 1. The second-order valence-corrected chi connectivity index (χ2v) is 9.11. The van der Waals surface area contributed by atoms with E-state index in [-0.39, 0.29) is 29.2 Å². The maximum Gasteiger partial charge on any atom is 0.241 e. The molecule has 8 heteroatoms. The van der Waals surface area contributed by atoms with E-state index >= 15 is 0 Å². The summed E-state index contributed by atoms with van der Waals surface area (Å²) in [4.78, 5) is 12.7. The summed E-state index contributed by atoms with van der Waals surface area (Å²) in [5.41, 5.74) is 2.47. The fourth-order valence-electron chi connectivity index (χ4n) is 3.47. The van der Waals surface area contributed by atoms with Gasteiger partial charge in [-0.1, -0.05) is 29.8 Å². The Morgan fingerprint density at radius 3 is 2.71 bits per heavy atom. The first-order valence-corrected chi connectivity index (χ1v) is 11.2. The Morgan fingerprint density at radius 2 is 2.04 bits per heavy atom. The fraction of sp³-hybridized carbons (Fsp3) is 0.350. The van der Waals surface area contributed by atoms with Crippen LogP contribution in [-0.4, -0.2) is 34.2 Å². The average Bonchev–Trinajstić information content (AvgIpc) is 2.66. The minimum absolute atomic E-state index is 0.158. The molecule has 0 aliphatic heterocycles. The van der Waals surface area contributed by atoms with Gasteiger partial charge < -0.3 is 10.1 Å². The lowest BCUT2D eigenvalue weighted by Crippen LogP contribution is -2.42. The van der Waals surface area contributed by atoms with Gasteiger partial charge in [0.05, 0.1) is 30.1 Å². The molecule has 150 valence electrons. The molecule has 0 spiro atoms. The summed E-state index contributed by atoms with van der Waals surface area (Å²) in [5.74, 6) is 0.409. The number of nitrogens with one attached hydrogen (secondary N) is 1. The number of carbonyl (C=O) groups is 1. The first-order chi connectivity index (χ1) is 13.3. The van der Waals surface area contributed by atoms with Gasteiger partial charge in [0.15, 0.2) is 0 Å². The van der Waals surface area contributed by atoms with Crippen molar-refractivity contribution in [2.45, 2.75) is 25.3 Å². The van der Waals surface area contributed by atoms with E-state index in [1.54, 1.807) is 31.4 Å². The lowest BCUT2D eigenvalue weighted by atomic mass is 9.87. The number of aryl methyl sites for hydroxylation is 1. The Balaban J connectivity index is 1.79. The molecule has 1 N–H and O–H groups in total. The van der Waals surface area contributed by atoms with Gasteiger partial charge in [0.2, 0.25) is 15.9 Å². The van der Waals surface area contributed by atoms with Gasteiger partial charge in [0.25, 0.3) is 0 Å². The van der Waals surface area contributed by atoms with Crippen molar-refractivity contribution in [2.75, 3.05) is 24.2 Å². The lowest BCUT2D eigenvalue weighted by molar-refractivity contribution is -0.120. The van der Waals surface area contributed by atoms with Gasteiger partial charge in [-0.3, -0.25) is 9.10 Å². The SMILES string of the molecule is COc1ccc2c(c1)CCCC2NC(=O)CN(c1ccccc1Cl)S(C)(=O)=O. The molecular formula is C20H23ClN2O4S. The van der Waals surface area contributed by atoms with E-state index in [1.807, 2.05) is 18.2 Å². The van der Waals surface area contributed by atoms with Crippen molar-refractivity contribution in [3.8, 4) is 5.75 Å². The van der Waals surface area contributed by atoms with Gasteiger partial charge in [0, 0.05) is 0 Å². The third-order valence-electron chi connectivity index (χ3n) is 4.81. The Bertz CT molecular complexity index is 978. The number of hydrogen-bond donors (Lipinski definition) is 1. The smallest absolute Gasteiger partial charge is 0.241 e. The summed E-state index contributed by atoms with van der Waals surface area (Å²) in [6.45, 7) is -0.329. The van der Waals surface area contributed by atoms with Crippen LogP contribution in [0.3, 0.4) is 0 Å². The summed E-state index contributed by atoms with van der Waals surface area (Å²) in [7, 11) is -2.05. The van der Waals surface area contributed by atoms with Crippen LogP contribution in [0.15, 0.2) is 42.5 Å². The number of methoxy groups -OCH3 is 1. The predicted octanol–water partition coefficient (Wildman–Crippen LogP) is 3.31. The molecule has 0 radical (unpaired) electrons. The zero-order valence-corrected chi connectivity index (χ0v) is 17.4. The topological polar surface area (TPSA) is 75.7 Å². The molecular weight excluding hydrogens is 400 g/mol. The molecule has 1 aliphatic carbocycles. The Hall–Kier alpha value is -2.25. The molecule has 0 bridgehead atoms. The minimum atomic E-state index is -3.67. The highest BCUT2D eigenvalue weighted by Gasteiger charge is 2.26. The van der Waals surface area contributed by atoms with E-state index in [1.165, 1.54) is 0 Å². The molecule has 2 aromatic carbocycles. The van der Waals surface area contributed by atoms with E-state index in [2.05, 4.69) is 5.32 Å². The maximum absolute atomic E-state index is 12.7. The molecule has 0 fully saturated rings. The van der Waals surface area contributed by atoms with Crippen molar-refractivity contribution in [1.29, 1.82) is 0 Å². The van der Waals surface area contributed by atoms with Gasteiger partial charge in [-0.05, 0) is 54.7 Å². The van der Waals surface area contributed by atoms with Crippen LogP contribution in [-0.2, 0) is 21.2 Å². The number of nitrogens with zero attached hydrogens (tertiary/aromatic N) is 1. The summed E-state index contributed by atoms with van der Waals surface area (Å²) < 4.78 is 30.8. The first kappa shape index (κ1) is 20.5. The number of anilines is 1. The zero-order chi connectivity index (χ0) is 20.3. The highest BCUT2D eigenvalue weighted by atomic mass is 35.5. The monoisotopic (exact) mass is 422 g/mol. The van der Waals surface area contributed by atoms with Crippen LogP contribution in [0, 0.1) is 0 Å². The largest absolute Gasteiger partial charge is 0.497 e. The Kier molecular flexibility index (Phi) is 6.15. The number of para-hydroxylation sites is 1. The molecule has 6 nitrogen and oxygen atoms in total. The third-order valence-corrected chi connectivity index (χ3v) is 6.25. The second-order valence-electron chi connectivity index (χ2n) is 6.80. The molecule has 2 aromatic rings. The summed E-state index contributed by atoms with van der Waals surface area (Å²) in [6, 6.07) is 12.2. The molecule has 1 aliphatic rings. The van der Waals surface area contributed by atoms with Crippen LogP contribution in [0.5, 0.6) is 5.75 Å². The van der Waals surface area contributed by atoms with Crippen molar-refractivity contribution in [2.24, 2.45) is 0 Å². The highest BCUT2D eigenvalue weighted by molar-refractivity contribution is 7.92. The van der Waals surface area contributed by atoms with Crippen LogP contribution in [0.1, 0.15) is 30.0 Å². The minimum Gasteiger partial charge on any atom is -0.497 e. The number of hydrogen-bond acceptors (Lipinski definition) is 4. The normalized spacial score (nSPS) is 16.2. The van der Waals surface area contributed by atoms with Crippen molar-refractivity contribution >= 4 is 33.2 Å². The number of halogens is 1. The van der Waals surface area contributed by atoms with Crippen LogP contribution < -0.4 is 14.4 Å². The van der Waals surface area contributed by atoms with Crippen molar-refractivity contribution in [3.63, 3.8) is 0 Å². The van der Waals surface area contributed by atoms with E-state index in [9.17, 15) is 13.2 Å². The van der Waals surface area contributed by atoms with Gasteiger partial charge >= 0.3 is 0 Å². The summed E-state index contributed by atoms with van der Waals surface area (Å²) in [5, 5.41) is 3.25. The zero-order valence-electron chi connectivity index (χ0n) is 15.8. The van der Waals surface area contributed by atoms with Crippen LogP contribution in [0.25, 0.3) is 0 Å². The van der Waals surface area contributed by atoms with Crippen LogP contribution in [0.2, 0.25) is 5.02 Å². The van der Waals surface area contributed by atoms with E-state index in [0.717, 1.165) is 46.7 Å². The molecule has 1 amide bonds. The number of carbonyl (C=O) groups excluding carboxylic acids is 1. The molecule has 1 unspecified atom stereocenters. The molecule has 3 rings (SSSR count). The first-order valence-electron chi connectivity index (χ1n) is 8.98. The van der Waals surface area contributed by atoms with Crippen LogP contribution in [0.4, 0.5) is 5.69 Å². The van der Waals surface area contributed by atoms with E-state index in [4.69, 9.17) is 16.3 Å². The Labute approximate surface area is 170 Å². The summed E-state index contributed by atoms with van der Waals surface area (Å²) >= 11 is 6.15. The third kappa shape index (κ3) is 4.59. The second kappa shape index (κ2) is 8.41. The molecule has 1 atom stereocenters. The number of fused-ring (bicyclic) bond motifs is 1. The fourth-order valence-corrected chi connectivity index (χ4v) is 4.63. The number of amides is 1. The number of rotatable bonds is 6. The van der Waals surface area contributed by atoms with Crippen molar-refractivity contribution in [1.82, 2.24) is 5.32 Å². The number of benzene rings is 2. The van der Waals surface area contributed by atoms with Gasteiger partial charge in [-0.15, -0.1) is 0 Å². The van der Waals surface area contributed by atoms with Crippen LogP contribution >= 0.6 is 11.6 Å². The lowest BCUT2D eigenvalue weighted by Gasteiger charge is -2.28. The van der Waals surface area contributed by atoms with E-state index in [0.29, 0.717) is 0 Å². The average molecular weight is 423 g/mol. The maximum atomic E-state index is 12.7. The van der Waals surface area contributed by atoms with Gasteiger partial charge in [0.1, 0.15) is 12.3 Å². The van der Waals surface area contributed by atoms with Gasteiger partial charge in [-0.2, -0.15) is 0 Å². The molecule has 0 aromatic heterocycles. The van der Waals surface area contributed by atoms with Gasteiger partial charge in [-0.25, -0.2) is 8.42 Å². The standard InChI is InChI=1S/C20H23ClN2O4S/c1-27-15-10-11-16-14(12-15)6-5-8-18(16)22-20(24)13-23(28(2,25)26)19-9-4-3-7-17(19)21/h3-4,7,9-12,18H,5-6,8,13H2,1-2H3,(H,22,24). The quantitative estimate of drug-likeness (QED) is 0.774. The summed E-state index contributed by atoms with van der Waals surface area (Å²) in [6.07, 6.45) is 3.72. The van der Waals surface area contributed by atoms with E-state index < -0.39 is 10.0 Å². The Morgan fingerprint density at radius 1 is 1.29 bits per heavy atom. The van der Waals surface area contributed by atoms with Crippen molar-refractivity contribution < 1.29 is 17.9 Å². The highest BCUT2D eigenvalue weighted by Crippen LogP contribution is 2.32. The number of ether oxygens (including phenoxy) is 1. The molecule has 28 heavy (non-hydrogen) atoms. The molecule has 0 saturated carbocycles. The van der Waals surface area contributed by atoms with Crippen molar-refractivity contribution in [3.05, 3.63) is 58.6 Å². The molecule has 0 heterocycles. The molecule has 0 saturated heterocycles.